The molecule has 1 unspecified atom stereocenters. The van der Waals surface area contributed by atoms with Crippen LogP contribution in [0, 0.1) is 0 Å². The number of carbonyl (C=O) groups excluding carboxylic acids is 1. The summed E-state index contributed by atoms with van der Waals surface area (Å²) in [6.45, 7) is 1.81. The summed E-state index contributed by atoms with van der Waals surface area (Å²) in [5.74, 6) is 0.950. The lowest BCUT2D eigenvalue weighted by atomic mass is 10.0. The van der Waals surface area contributed by atoms with Gasteiger partial charge in [0.05, 0.1) is 14.2 Å². The lowest BCUT2D eigenvalue weighted by Crippen LogP contribution is -2.40. The Hall–Kier alpha value is -1.75. The van der Waals surface area contributed by atoms with E-state index in [1.165, 1.54) is 6.42 Å². The molecule has 2 N–H and O–H groups in total. The van der Waals surface area contributed by atoms with E-state index >= 15 is 0 Å². The summed E-state index contributed by atoms with van der Waals surface area (Å²) >= 11 is 0. The zero-order valence-corrected chi connectivity index (χ0v) is 12.1. The second kappa shape index (κ2) is 6.61. The van der Waals surface area contributed by atoms with Gasteiger partial charge in [-0.05, 0) is 43.6 Å². The maximum atomic E-state index is 11.9. The van der Waals surface area contributed by atoms with E-state index in [1.807, 2.05) is 18.2 Å². The molecule has 5 nitrogen and oxygen atoms in total. The summed E-state index contributed by atoms with van der Waals surface area (Å²) in [6, 6.07) is 5.14. The molecule has 1 saturated heterocycles. The molecule has 0 spiro atoms. The molecular formula is C15H22N2O3. The molecule has 1 aromatic rings. The first kappa shape index (κ1) is 14.7. The largest absolute Gasteiger partial charge is 0.493 e. The number of hydrogen-bond donors (Lipinski definition) is 1. The summed E-state index contributed by atoms with van der Waals surface area (Å²) in [5, 5.41) is 0. The third-order valence-electron chi connectivity index (χ3n) is 3.75. The molecule has 0 saturated carbocycles. The van der Waals surface area contributed by atoms with Crippen LogP contribution in [0.4, 0.5) is 0 Å². The van der Waals surface area contributed by atoms with E-state index in [2.05, 4.69) is 4.90 Å². The lowest BCUT2D eigenvalue weighted by Gasteiger charge is -2.33. The molecule has 1 aromatic carbocycles. The van der Waals surface area contributed by atoms with Gasteiger partial charge in [0, 0.05) is 0 Å². The molecule has 20 heavy (non-hydrogen) atoms. The second-order valence-corrected chi connectivity index (χ2v) is 5.02. The fourth-order valence-electron chi connectivity index (χ4n) is 2.75. The Balaban J connectivity index is 2.31. The quantitative estimate of drug-likeness (QED) is 0.890. The number of methoxy groups -OCH3 is 2. The van der Waals surface area contributed by atoms with E-state index in [0.29, 0.717) is 11.5 Å². The predicted molar refractivity (Wildman–Crippen MR) is 76.9 cm³/mol. The van der Waals surface area contributed by atoms with Crippen molar-refractivity contribution in [2.45, 2.75) is 25.3 Å². The first-order chi connectivity index (χ1) is 9.67. The van der Waals surface area contributed by atoms with E-state index in [9.17, 15) is 4.79 Å². The molecule has 0 bridgehead atoms. The minimum atomic E-state index is -0.393. The van der Waals surface area contributed by atoms with Crippen LogP contribution in [0.25, 0.3) is 0 Å². The van der Waals surface area contributed by atoms with Crippen molar-refractivity contribution < 1.29 is 14.3 Å². The number of nitrogens with zero attached hydrogens (tertiary/aromatic N) is 1. The number of benzene rings is 1. The number of primary amides is 1. The van der Waals surface area contributed by atoms with Crippen LogP contribution in [0.1, 0.15) is 30.9 Å². The van der Waals surface area contributed by atoms with Crippen molar-refractivity contribution >= 4 is 5.91 Å². The number of carbonyl (C=O) groups is 1. The SMILES string of the molecule is COc1ccc(C(C(N)=O)N2CCCCC2)cc1OC. The highest BCUT2D eigenvalue weighted by atomic mass is 16.5. The Bertz CT molecular complexity index is 470. The Morgan fingerprint density at radius 3 is 2.35 bits per heavy atom. The molecule has 2 rings (SSSR count). The van der Waals surface area contributed by atoms with Crippen LogP contribution >= 0.6 is 0 Å². The second-order valence-electron chi connectivity index (χ2n) is 5.02. The number of nitrogens with two attached hydrogens (primary N) is 1. The fourth-order valence-corrected chi connectivity index (χ4v) is 2.75. The Morgan fingerprint density at radius 2 is 1.80 bits per heavy atom. The third-order valence-corrected chi connectivity index (χ3v) is 3.75. The van der Waals surface area contributed by atoms with Crippen molar-refractivity contribution in [1.82, 2.24) is 4.90 Å². The van der Waals surface area contributed by atoms with E-state index < -0.39 is 6.04 Å². The molecule has 1 heterocycles. The molecule has 0 aromatic heterocycles. The first-order valence-electron chi connectivity index (χ1n) is 6.92. The van der Waals surface area contributed by atoms with Crippen molar-refractivity contribution in [2.24, 2.45) is 5.73 Å². The van der Waals surface area contributed by atoms with Gasteiger partial charge in [-0.2, -0.15) is 0 Å². The maximum absolute atomic E-state index is 11.9. The normalized spacial score (nSPS) is 17.5. The monoisotopic (exact) mass is 278 g/mol. The van der Waals surface area contributed by atoms with Crippen LogP contribution < -0.4 is 15.2 Å². The predicted octanol–water partition coefficient (Wildman–Crippen LogP) is 1.72. The summed E-state index contributed by atoms with van der Waals surface area (Å²) in [7, 11) is 3.18. The number of ether oxygens (including phenoxy) is 2. The fraction of sp³-hybridized carbons (Fsp3) is 0.533. The highest BCUT2D eigenvalue weighted by molar-refractivity contribution is 5.81. The van der Waals surface area contributed by atoms with Gasteiger partial charge in [-0.15, -0.1) is 0 Å². The standard InChI is InChI=1S/C15H22N2O3/c1-19-12-7-6-11(10-13(12)20-2)14(15(16)18)17-8-4-3-5-9-17/h6-7,10,14H,3-5,8-9H2,1-2H3,(H2,16,18). The average Bonchev–Trinajstić information content (AvgIpc) is 2.48. The molecule has 1 atom stereocenters. The topological polar surface area (TPSA) is 64.8 Å². The zero-order chi connectivity index (χ0) is 14.5. The zero-order valence-electron chi connectivity index (χ0n) is 12.1. The van der Waals surface area contributed by atoms with Crippen LogP contribution in [0.15, 0.2) is 18.2 Å². The molecule has 0 radical (unpaired) electrons. The molecule has 1 fully saturated rings. The van der Waals surface area contributed by atoms with Crippen LogP contribution in [0.5, 0.6) is 11.5 Å². The Kier molecular flexibility index (Phi) is 4.84. The van der Waals surface area contributed by atoms with Crippen LogP contribution in [-0.4, -0.2) is 38.1 Å². The molecule has 1 amide bonds. The molecular weight excluding hydrogens is 256 g/mol. The number of likely N-dealkylation sites (tertiary alicyclic amines) is 1. The van der Waals surface area contributed by atoms with E-state index in [0.717, 1.165) is 31.5 Å². The molecule has 110 valence electrons. The Morgan fingerprint density at radius 1 is 1.15 bits per heavy atom. The van der Waals surface area contributed by atoms with Gasteiger partial charge in [-0.1, -0.05) is 12.5 Å². The van der Waals surface area contributed by atoms with Gasteiger partial charge in [-0.25, -0.2) is 0 Å². The van der Waals surface area contributed by atoms with Crippen molar-refractivity contribution in [3.8, 4) is 11.5 Å². The van der Waals surface area contributed by atoms with Crippen LogP contribution in [0.2, 0.25) is 0 Å². The summed E-state index contributed by atoms with van der Waals surface area (Å²) in [6.07, 6.45) is 3.43. The molecule has 0 aliphatic carbocycles. The minimum Gasteiger partial charge on any atom is -0.493 e. The third kappa shape index (κ3) is 3.04. The Labute approximate surface area is 119 Å². The van der Waals surface area contributed by atoms with Gasteiger partial charge in [0.25, 0.3) is 0 Å². The molecule has 5 heteroatoms. The average molecular weight is 278 g/mol. The first-order valence-corrected chi connectivity index (χ1v) is 6.92. The number of piperidine rings is 1. The van der Waals surface area contributed by atoms with Crippen molar-refractivity contribution in [2.75, 3.05) is 27.3 Å². The number of amides is 1. The van der Waals surface area contributed by atoms with Crippen LogP contribution in [-0.2, 0) is 4.79 Å². The molecule has 1 aliphatic heterocycles. The van der Waals surface area contributed by atoms with Gasteiger partial charge >= 0.3 is 0 Å². The van der Waals surface area contributed by atoms with Gasteiger partial charge < -0.3 is 15.2 Å². The highest BCUT2D eigenvalue weighted by Gasteiger charge is 2.27. The van der Waals surface area contributed by atoms with Crippen molar-refractivity contribution in [3.63, 3.8) is 0 Å². The summed E-state index contributed by atoms with van der Waals surface area (Å²) < 4.78 is 10.5. The summed E-state index contributed by atoms with van der Waals surface area (Å²) in [4.78, 5) is 14.0. The number of rotatable bonds is 5. The lowest BCUT2D eigenvalue weighted by molar-refractivity contribution is -0.123. The van der Waals surface area contributed by atoms with Gasteiger partial charge in [-0.3, -0.25) is 9.69 Å². The maximum Gasteiger partial charge on any atom is 0.239 e. The van der Waals surface area contributed by atoms with Gasteiger partial charge in [0.2, 0.25) is 5.91 Å². The highest BCUT2D eigenvalue weighted by Crippen LogP contribution is 2.32. The van der Waals surface area contributed by atoms with Gasteiger partial charge in [0.15, 0.2) is 11.5 Å². The van der Waals surface area contributed by atoms with Gasteiger partial charge in [0.1, 0.15) is 6.04 Å². The van der Waals surface area contributed by atoms with E-state index in [-0.39, 0.29) is 5.91 Å². The summed E-state index contributed by atoms with van der Waals surface area (Å²) in [5.41, 5.74) is 6.47. The van der Waals surface area contributed by atoms with Crippen LogP contribution in [0.3, 0.4) is 0 Å². The van der Waals surface area contributed by atoms with E-state index in [4.69, 9.17) is 15.2 Å². The van der Waals surface area contributed by atoms with E-state index in [1.54, 1.807) is 14.2 Å². The smallest absolute Gasteiger partial charge is 0.239 e. The van der Waals surface area contributed by atoms with Crippen molar-refractivity contribution in [1.29, 1.82) is 0 Å². The van der Waals surface area contributed by atoms with Crippen molar-refractivity contribution in [3.05, 3.63) is 23.8 Å². The molecule has 1 aliphatic rings. The number of hydrogen-bond acceptors (Lipinski definition) is 4. The minimum absolute atomic E-state index is 0.320.